The summed E-state index contributed by atoms with van der Waals surface area (Å²) in [5.41, 5.74) is 3.76. The van der Waals surface area contributed by atoms with Crippen molar-refractivity contribution < 1.29 is 4.74 Å². The second-order valence-electron chi connectivity index (χ2n) is 5.44. The first kappa shape index (κ1) is 15.2. The van der Waals surface area contributed by atoms with E-state index >= 15 is 0 Å². The smallest absolute Gasteiger partial charge is 0.253 e. The van der Waals surface area contributed by atoms with E-state index in [9.17, 15) is 4.79 Å². The number of rotatable bonds is 5. The summed E-state index contributed by atoms with van der Waals surface area (Å²) in [4.78, 5) is 15.2. The highest BCUT2D eigenvalue weighted by Crippen LogP contribution is 2.20. The quantitative estimate of drug-likeness (QED) is 0.755. The Morgan fingerprint density at radius 2 is 1.91 bits per heavy atom. The number of anilines is 1. The Morgan fingerprint density at radius 1 is 1.09 bits per heavy atom. The first-order valence-corrected chi connectivity index (χ1v) is 7.73. The topological polar surface area (TPSA) is 54.1 Å². The molecule has 0 unspecified atom stereocenters. The van der Waals surface area contributed by atoms with E-state index in [1.54, 1.807) is 7.11 Å². The van der Waals surface area contributed by atoms with Gasteiger partial charge in [0.25, 0.3) is 5.56 Å². The number of hydrogen-bond acceptors (Lipinski definition) is 3. The van der Waals surface area contributed by atoms with Crippen LogP contribution in [0.25, 0.3) is 10.9 Å². The maximum Gasteiger partial charge on any atom is 0.253 e. The molecule has 1 aromatic heterocycles. The number of aryl methyl sites for hydroxylation is 1. The second kappa shape index (κ2) is 6.57. The molecule has 0 aliphatic carbocycles. The number of para-hydroxylation sites is 1. The highest BCUT2D eigenvalue weighted by molar-refractivity contribution is 5.80. The number of pyridine rings is 1. The number of methoxy groups -OCH3 is 1. The average Bonchev–Trinajstić information content (AvgIpc) is 2.59. The Balaban J connectivity index is 1.90. The van der Waals surface area contributed by atoms with E-state index in [1.807, 2.05) is 42.5 Å². The summed E-state index contributed by atoms with van der Waals surface area (Å²) in [5, 5.41) is 4.33. The van der Waals surface area contributed by atoms with Gasteiger partial charge in [0, 0.05) is 28.7 Å². The minimum atomic E-state index is -0.0656. The lowest BCUT2D eigenvalue weighted by Gasteiger charge is -2.11. The van der Waals surface area contributed by atoms with Crippen molar-refractivity contribution in [2.75, 3.05) is 12.4 Å². The Kier molecular flexibility index (Phi) is 4.33. The first-order chi connectivity index (χ1) is 11.2. The SMILES string of the molecule is CCc1ccccc1NCc1cc2cc(OC)ccc2[nH]c1=O. The minimum absolute atomic E-state index is 0.0656. The van der Waals surface area contributed by atoms with Crippen molar-refractivity contribution in [2.45, 2.75) is 19.9 Å². The monoisotopic (exact) mass is 308 g/mol. The molecule has 3 aromatic rings. The third-order valence-corrected chi connectivity index (χ3v) is 4.00. The van der Waals surface area contributed by atoms with Crippen LogP contribution in [-0.4, -0.2) is 12.1 Å². The van der Waals surface area contributed by atoms with E-state index in [-0.39, 0.29) is 5.56 Å². The molecule has 0 aliphatic rings. The number of nitrogens with one attached hydrogen (secondary N) is 2. The molecule has 1 heterocycles. The van der Waals surface area contributed by atoms with Crippen molar-refractivity contribution >= 4 is 16.6 Å². The van der Waals surface area contributed by atoms with E-state index in [0.717, 1.165) is 28.8 Å². The van der Waals surface area contributed by atoms with Crippen LogP contribution in [0, 0.1) is 0 Å². The molecule has 0 fully saturated rings. The predicted molar refractivity (Wildman–Crippen MR) is 94.3 cm³/mol. The Bertz CT molecular complexity index is 884. The van der Waals surface area contributed by atoms with Crippen molar-refractivity contribution in [2.24, 2.45) is 0 Å². The molecule has 0 bridgehead atoms. The van der Waals surface area contributed by atoms with Crippen molar-refractivity contribution in [1.82, 2.24) is 4.98 Å². The van der Waals surface area contributed by atoms with Gasteiger partial charge in [-0.1, -0.05) is 25.1 Å². The van der Waals surface area contributed by atoms with Gasteiger partial charge in [-0.25, -0.2) is 0 Å². The lowest BCUT2D eigenvalue weighted by atomic mass is 10.1. The molecule has 0 radical (unpaired) electrons. The molecule has 0 spiro atoms. The molecule has 0 amide bonds. The van der Waals surface area contributed by atoms with Crippen molar-refractivity contribution in [3.05, 3.63) is 70.0 Å². The van der Waals surface area contributed by atoms with Gasteiger partial charge < -0.3 is 15.0 Å². The molecule has 0 aliphatic heterocycles. The molecule has 4 heteroatoms. The molecule has 0 saturated heterocycles. The lowest BCUT2D eigenvalue weighted by Crippen LogP contribution is -2.16. The zero-order valence-electron chi connectivity index (χ0n) is 13.3. The van der Waals surface area contributed by atoms with Gasteiger partial charge in [-0.3, -0.25) is 4.79 Å². The average molecular weight is 308 g/mol. The summed E-state index contributed by atoms with van der Waals surface area (Å²) in [6.45, 7) is 2.61. The molecule has 4 nitrogen and oxygen atoms in total. The molecule has 23 heavy (non-hydrogen) atoms. The first-order valence-electron chi connectivity index (χ1n) is 7.73. The van der Waals surface area contributed by atoms with Crippen LogP contribution in [0.15, 0.2) is 53.3 Å². The molecule has 118 valence electrons. The summed E-state index contributed by atoms with van der Waals surface area (Å²) >= 11 is 0. The van der Waals surface area contributed by atoms with Crippen molar-refractivity contribution in [3.8, 4) is 5.75 Å². The molecular weight excluding hydrogens is 288 g/mol. The van der Waals surface area contributed by atoms with E-state index < -0.39 is 0 Å². The third-order valence-electron chi connectivity index (χ3n) is 4.00. The standard InChI is InChI=1S/C19H20N2O2/c1-3-13-6-4-5-7-17(13)20-12-15-10-14-11-16(23-2)8-9-18(14)21-19(15)22/h4-11,20H,3,12H2,1-2H3,(H,21,22). The number of hydrogen-bond donors (Lipinski definition) is 2. The number of H-pyrrole nitrogens is 1. The third kappa shape index (κ3) is 3.21. The van der Waals surface area contributed by atoms with Gasteiger partial charge in [0.2, 0.25) is 0 Å². The van der Waals surface area contributed by atoms with Crippen LogP contribution in [-0.2, 0) is 13.0 Å². The summed E-state index contributed by atoms with van der Waals surface area (Å²) in [5.74, 6) is 0.778. The van der Waals surface area contributed by atoms with E-state index in [4.69, 9.17) is 4.74 Å². The van der Waals surface area contributed by atoms with Crippen LogP contribution in [0.5, 0.6) is 5.75 Å². The zero-order valence-corrected chi connectivity index (χ0v) is 13.3. The second-order valence-corrected chi connectivity index (χ2v) is 5.44. The fourth-order valence-corrected chi connectivity index (χ4v) is 2.68. The van der Waals surface area contributed by atoms with Crippen LogP contribution in [0.3, 0.4) is 0 Å². The van der Waals surface area contributed by atoms with Crippen LogP contribution >= 0.6 is 0 Å². The van der Waals surface area contributed by atoms with Gasteiger partial charge in [0.05, 0.1) is 7.11 Å². The van der Waals surface area contributed by atoms with Crippen LogP contribution in [0.4, 0.5) is 5.69 Å². The van der Waals surface area contributed by atoms with Crippen LogP contribution in [0.1, 0.15) is 18.1 Å². The van der Waals surface area contributed by atoms with E-state index in [1.165, 1.54) is 5.56 Å². The van der Waals surface area contributed by atoms with Crippen LogP contribution in [0.2, 0.25) is 0 Å². The molecular formula is C19H20N2O2. The highest BCUT2D eigenvalue weighted by Gasteiger charge is 2.05. The molecule has 2 N–H and O–H groups in total. The number of benzene rings is 2. The molecule has 2 aromatic carbocycles. The summed E-state index contributed by atoms with van der Waals surface area (Å²) in [7, 11) is 1.64. The number of aromatic amines is 1. The van der Waals surface area contributed by atoms with Gasteiger partial charge >= 0.3 is 0 Å². The summed E-state index contributed by atoms with van der Waals surface area (Å²) in [6.07, 6.45) is 0.953. The number of fused-ring (bicyclic) bond motifs is 1. The van der Waals surface area contributed by atoms with Crippen molar-refractivity contribution in [1.29, 1.82) is 0 Å². The summed E-state index contributed by atoms with van der Waals surface area (Å²) < 4.78 is 5.24. The number of aromatic nitrogens is 1. The fourth-order valence-electron chi connectivity index (χ4n) is 2.68. The predicted octanol–water partition coefficient (Wildman–Crippen LogP) is 3.71. The van der Waals surface area contributed by atoms with E-state index in [0.29, 0.717) is 12.1 Å². The van der Waals surface area contributed by atoms with Crippen molar-refractivity contribution in [3.63, 3.8) is 0 Å². The molecule has 0 saturated carbocycles. The zero-order chi connectivity index (χ0) is 16.2. The largest absolute Gasteiger partial charge is 0.497 e. The van der Waals surface area contributed by atoms with Gasteiger partial charge in [-0.15, -0.1) is 0 Å². The Labute approximate surface area is 135 Å². The molecule has 0 atom stereocenters. The summed E-state index contributed by atoms with van der Waals surface area (Å²) in [6, 6.07) is 15.7. The normalized spacial score (nSPS) is 10.7. The lowest BCUT2D eigenvalue weighted by molar-refractivity contribution is 0.415. The Hall–Kier alpha value is -2.75. The maximum absolute atomic E-state index is 12.2. The van der Waals surface area contributed by atoms with Gasteiger partial charge in [0.1, 0.15) is 5.75 Å². The van der Waals surface area contributed by atoms with Gasteiger partial charge in [0.15, 0.2) is 0 Å². The van der Waals surface area contributed by atoms with E-state index in [2.05, 4.69) is 23.3 Å². The van der Waals surface area contributed by atoms with Gasteiger partial charge in [-0.05, 0) is 42.3 Å². The van der Waals surface area contributed by atoms with Crippen LogP contribution < -0.4 is 15.6 Å². The maximum atomic E-state index is 12.2. The number of ether oxygens (including phenoxy) is 1. The highest BCUT2D eigenvalue weighted by atomic mass is 16.5. The van der Waals surface area contributed by atoms with Gasteiger partial charge in [-0.2, -0.15) is 0 Å². The minimum Gasteiger partial charge on any atom is -0.497 e. The molecule has 3 rings (SSSR count). The fraction of sp³-hybridized carbons (Fsp3) is 0.211. The Morgan fingerprint density at radius 3 is 2.70 bits per heavy atom.